The molecule has 0 aliphatic heterocycles. The third-order valence-electron chi connectivity index (χ3n) is 17.8. The van der Waals surface area contributed by atoms with Gasteiger partial charge in [-0.1, -0.05) is 36.5 Å². The molecule has 0 aromatic carbocycles. The lowest BCUT2D eigenvalue weighted by molar-refractivity contribution is -0.166. The zero-order valence-corrected chi connectivity index (χ0v) is 25.1. The summed E-state index contributed by atoms with van der Waals surface area (Å²) in [7, 11) is -2.37. The van der Waals surface area contributed by atoms with Gasteiger partial charge in [0.1, 0.15) is 0 Å². The van der Waals surface area contributed by atoms with Crippen molar-refractivity contribution in [3.05, 3.63) is 36.5 Å². The van der Waals surface area contributed by atoms with E-state index >= 15 is 0 Å². The summed E-state index contributed by atoms with van der Waals surface area (Å²) in [6.45, 7) is 0. The van der Waals surface area contributed by atoms with Crippen LogP contribution in [0, 0.1) is 124 Å². The molecule has 12 rings (SSSR count). The minimum Gasteiger partial charge on any atom is -0.328 e. The molecule has 0 aromatic rings. The van der Waals surface area contributed by atoms with Gasteiger partial charge in [0.2, 0.25) is 0 Å². The van der Waals surface area contributed by atoms with Gasteiger partial charge in [-0.05, 0) is 182 Å². The minimum atomic E-state index is -2.37. The highest BCUT2D eigenvalue weighted by Crippen LogP contribution is 2.78. The molecule has 0 radical (unpaired) electrons. The highest BCUT2D eigenvalue weighted by molar-refractivity contribution is 7.39. The summed E-state index contributed by atoms with van der Waals surface area (Å²) in [5.74, 6) is 16.8. The molecule has 218 valence electrons. The SMILES string of the molecule is OP(O)OC(C1CC2CC1C1C3C=CC(C3)C21)(C1CC2CC1C1C3C=CC(C3)C21)C1CC2CC1C1C3C=CC(C3)C21. The van der Waals surface area contributed by atoms with Crippen LogP contribution in [0.3, 0.4) is 0 Å². The maximum atomic E-state index is 11.0. The summed E-state index contributed by atoms with van der Waals surface area (Å²) in [6.07, 6.45) is 28.0. The first kappa shape index (κ1) is 23.9. The molecule has 12 aliphatic rings. The Bertz CT molecular complexity index is 1140. The molecule has 0 saturated heterocycles. The number of rotatable bonds is 5. The van der Waals surface area contributed by atoms with Crippen molar-refractivity contribution in [2.24, 2.45) is 124 Å². The first-order valence-electron chi connectivity index (χ1n) is 18.0. The molecule has 3 nitrogen and oxygen atoms in total. The molecular formula is C37H47O3P. The largest absolute Gasteiger partial charge is 0.328 e. The molecule has 0 spiro atoms. The van der Waals surface area contributed by atoms with E-state index < -0.39 is 8.60 Å². The van der Waals surface area contributed by atoms with Gasteiger partial charge in [0.25, 0.3) is 0 Å². The lowest BCUT2D eigenvalue weighted by atomic mass is 9.51. The maximum Gasteiger partial charge on any atom is 0.327 e. The number of fused-ring (bicyclic) bond motifs is 27. The van der Waals surface area contributed by atoms with Crippen LogP contribution in [-0.2, 0) is 4.52 Å². The Labute approximate surface area is 246 Å². The van der Waals surface area contributed by atoms with E-state index in [0.717, 1.165) is 107 Å². The third-order valence-corrected chi connectivity index (χ3v) is 18.3. The monoisotopic (exact) mass is 570 g/mol. The number of hydrogen-bond donors (Lipinski definition) is 2. The predicted molar refractivity (Wildman–Crippen MR) is 157 cm³/mol. The van der Waals surface area contributed by atoms with Crippen LogP contribution < -0.4 is 0 Å². The van der Waals surface area contributed by atoms with Gasteiger partial charge in [-0.3, -0.25) is 0 Å². The number of hydrogen-bond acceptors (Lipinski definition) is 3. The topological polar surface area (TPSA) is 49.7 Å². The second kappa shape index (κ2) is 7.66. The Kier molecular flexibility index (Phi) is 4.46. The van der Waals surface area contributed by atoms with Crippen LogP contribution >= 0.6 is 8.60 Å². The van der Waals surface area contributed by atoms with E-state index in [1.54, 1.807) is 0 Å². The van der Waals surface area contributed by atoms with Crippen molar-refractivity contribution in [2.75, 3.05) is 0 Å². The van der Waals surface area contributed by atoms with Gasteiger partial charge >= 0.3 is 8.60 Å². The molecule has 21 unspecified atom stereocenters. The van der Waals surface area contributed by atoms with Crippen molar-refractivity contribution in [2.45, 2.75) is 63.4 Å². The van der Waals surface area contributed by atoms with Gasteiger partial charge in [-0.2, -0.15) is 0 Å². The van der Waals surface area contributed by atoms with Gasteiger partial charge in [0.15, 0.2) is 0 Å². The summed E-state index contributed by atoms with van der Waals surface area (Å²) < 4.78 is 7.16. The first-order valence-corrected chi connectivity index (χ1v) is 19.2. The van der Waals surface area contributed by atoms with E-state index in [9.17, 15) is 9.79 Å². The van der Waals surface area contributed by atoms with E-state index in [0.29, 0.717) is 17.8 Å². The minimum absolute atomic E-state index is 0.295. The Morgan fingerprint density at radius 1 is 0.439 bits per heavy atom. The molecule has 0 aromatic heterocycles. The third kappa shape index (κ3) is 2.63. The summed E-state index contributed by atoms with van der Waals surface area (Å²) in [6, 6.07) is 0. The van der Waals surface area contributed by atoms with Crippen molar-refractivity contribution < 1.29 is 14.3 Å². The normalized spacial score (nSPS) is 66.4. The Morgan fingerprint density at radius 2 is 0.756 bits per heavy atom. The lowest BCUT2D eigenvalue weighted by Crippen LogP contribution is -2.60. The quantitative estimate of drug-likeness (QED) is 0.208. The van der Waals surface area contributed by atoms with E-state index in [1.165, 1.54) is 57.8 Å². The van der Waals surface area contributed by atoms with Gasteiger partial charge in [0.05, 0.1) is 5.60 Å². The van der Waals surface area contributed by atoms with E-state index in [-0.39, 0.29) is 5.60 Å². The summed E-state index contributed by atoms with van der Waals surface area (Å²) >= 11 is 0. The van der Waals surface area contributed by atoms with Crippen LogP contribution in [0.4, 0.5) is 0 Å². The molecule has 9 fully saturated rings. The fourth-order valence-corrected chi connectivity index (χ4v) is 18.5. The second-order valence-electron chi connectivity index (χ2n) is 18.0. The zero-order chi connectivity index (χ0) is 26.5. The van der Waals surface area contributed by atoms with Crippen LogP contribution in [0.15, 0.2) is 36.5 Å². The fourth-order valence-electron chi connectivity index (χ4n) is 17.8. The molecule has 12 aliphatic carbocycles. The molecule has 9 saturated carbocycles. The van der Waals surface area contributed by atoms with Gasteiger partial charge in [0, 0.05) is 0 Å². The van der Waals surface area contributed by atoms with Gasteiger partial charge < -0.3 is 14.3 Å². The molecule has 12 bridgehead atoms. The Hall–Kier alpha value is -0.470. The van der Waals surface area contributed by atoms with Crippen LogP contribution in [0.25, 0.3) is 0 Å². The number of allylic oxidation sites excluding steroid dienone is 6. The van der Waals surface area contributed by atoms with Crippen molar-refractivity contribution in [1.82, 2.24) is 0 Å². The maximum absolute atomic E-state index is 11.0. The van der Waals surface area contributed by atoms with Crippen LogP contribution in [-0.4, -0.2) is 15.4 Å². The molecule has 4 heteroatoms. The highest BCUT2D eigenvalue weighted by atomic mass is 31.2. The predicted octanol–water partition coefficient (Wildman–Crippen LogP) is 7.24. The fraction of sp³-hybridized carbons (Fsp3) is 0.838. The molecule has 0 amide bonds. The van der Waals surface area contributed by atoms with Crippen LogP contribution in [0.2, 0.25) is 0 Å². The Morgan fingerprint density at radius 3 is 1.07 bits per heavy atom. The average molecular weight is 571 g/mol. The van der Waals surface area contributed by atoms with Crippen molar-refractivity contribution in [3.8, 4) is 0 Å². The van der Waals surface area contributed by atoms with E-state index in [4.69, 9.17) is 4.52 Å². The van der Waals surface area contributed by atoms with Crippen LogP contribution in [0.1, 0.15) is 57.8 Å². The molecule has 41 heavy (non-hydrogen) atoms. The van der Waals surface area contributed by atoms with E-state index in [2.05, 4.69) is 36.5 Å². The summed E-state index contributed by atoms with van der Waals surface area (Å²) in [5, 5.41) is 0. The average Bonchev–Trinajstić information content (AvgIpc) is 3.85. The van der Waals surface area contributed by atoms with Gasteiger partial charge in [-0.15, -0.1) is 0 Å². The zero-order valence-electron chi connectivity index (χ0n) is 24.2. The second-order valence-corrected chi connectivity index (χ2v) is 18.7. The lowest BCUT2D eigenvalue weighted by Gasteiger charge is -2.58. The smallest absolute Gasteiger partial charge is 0.327 e. The summed E-state index contributed by atoms with van der Waals surface area (Å²) in [4.78, 5) is 22.0. The van der Waals surface area contributed by atoms with Crippen molar-refractivity contribution >= 4 is 8.60 Å². The standard InChI is InChI=1S/C37H47O3P/c38-41(39)40-37(28-13-22-10-25(28)34-19-4-1-16(7-19)31(22)34,29-14-23-11-26(29)35-20-5-2-17(8-20)32(23)35)30-15-24-12-27(30)36-21-6-3-18(9-21)33(24)36/h1-6,16-36,38-39H,7-15H2. The van der Waals surface area contributed by atoms with Gasteiger partial charge in [-0.25, -0.2) is 0 Å². The molecular weight excluding hydrogens is 523 g/mol. The molecule has 21 atom stereocenters. The van der Waals surface area contributed by atoms with Crippen molar-refractivity contribution in [3.63, 3.8) is 0 Å². The van der Waals surface area contributed by atoms with Crippen molar-refractivity contribution in [1.29, 1.82) is 0 Å². The summed E-state index contributed by atoms with van der Waals surface area (Å²) in [5.41, 5.74) is -0.295. The Balaban J connectivity index is 1.00. The highest BCUT2D eigenvalue weighted by Gasteiger charge is 2.75. The molecule has 0 heterocycles. The first-order chi connectivity index (χ1) is 20.1. The molecule has 2 N–H and O–H groups in total. The van der Waals surface area contributed by atoms with Crippen LogP contribution in [0.5, 0.6) is 0 Å². The van der Waals surface area contributed by atoms with E-state index in [1.807, 2.05) is 0 Å².